The van der Waals surface area contributed by atoms with E-state index in [-0.39, 0.29) is 46.2 Å². The van der Waals surface area contributed by atoms with Gasteiger partial charge in [0, 0.05) is 0 Å². The van der Waals surface area contributed by atoms with E-state index in [0.717, 1.165) is 0 Å². The van der Waals surface area contributed by atoms with Crippen LogP contribution < -0.4 is 41.3 Å². The van der Waals surface area contributed by atoms with Crippen molar-refractivity contribution < 1.29 is 205 Å². The molecule has 0 aromatic heterocycles. The van der Waals surface area contributed by atoms with E-state index in [1.54, 1.807) is 0 Å². The summed E-state index contributed by atoms with van der Waals surface area (Å²) in [4.78, 5) is 32.7. The van der Waals surface area contributed by atoms with Crippen LogP contribution in [0.15, 0.2) is 85.1 Å². The number of hydrogen-bond acceptors (Lipinski definition) is 49. The Morgan fingerprint density at radius 2 is 0.286 bits per heavy atom. The Kier molecular flexibility index (Phi) is 45.9. The lowest BCUT2D eigenvalue weighted by Gasteiger charge is -2.51. The third-order valence-corrected chi connectivity index (χ3v) is 19.8. The molecule has 15 aliphatic rings. The molecule has 0 radical (unpaired) electrons. The van der Waals surface area contributed by atoms with Crippen LogP contribution in [0.2, 0.25) is 0 Å². The minimum Gasteiger partial charge on any atom is -0.394 e. The highest BCUT2D eigenvalue weighted by Gasteiger charge is 2.61. The zero-order valence-electron chi connectivity index (χ0n) is 64.9. The third-order valence-electron chi connectivity index (χ3n) is 19.8. The summed E-state index contributed by atoms with van der Waals surface area (Å²) in [5, 5.41) is 168. The molecule has 0 spiro atoms. The first-order valence-electron chi connectivity index (χ1n) is 38.2. The predicted molar refractivity (Wildman–Crippen MR) is 390 cm³/mol. The average Bonchev–Trinajstić information content (AvgIpc) is 0.808. The lowest BCUT2D eigenvalue weighted by atomic mass is 9.95. The fraction of sp³-hybridized carbons (Fsp3) is 0.800. The molecule has 15 heterocycles. The zero-order valence-corrected chi connectivity index (χ0v) is 64.9. The monoisotopic (exact) mass is 1730 g/mol. The lowest BCUT2D eigenvalue weighted by molar-refractivity contribution is -0.401. The number of ether oxygens (including phenoxy) is 21. The predicted octanol–water partition coefficient (Wildman–Crippen LogP) is -11.9. The number of nitrogens with two attached hydrogens (primary N) is 7. The molecule has 28 N–H and O–H groups in total. The molecule has 0 aliphatic carbocycles. The van der Waals surface area contributed by atoms with E-state index >= 15 is 0 Å². The maximum atomic E-state index is 12.7. The van der Waals surface area contributed by atoms with Crippen LogP contribution >= 0.6 is 0 Å². The lowest BCUT2D eigenvalue weighted by Crippen LogP contribution is -2.69. The smallest absolute Gasteiger partial charge is 0.187 e. The van der Waals surface area contributed by atoms with Gasteiger partial charge in [-0.1, -0.05) is 85.1 Å². The molecule has 49 nitrogen and oxygen atoms in total. The van der Waals surface area contributed by atoms with E-state index in [1.807, 2.05) is 0 Å². The first kappa shape index (κ1) is 101. The Morgan fingerprint density at radius 1 is 0.176 bits per heavy atom. The van der Waals surface area contributed by atoms with Crippen molar-refractivity contribution in [2.75, 3.05) is 139 Å². The van der Waals surface area contributed by atoms with Crippen molar-refractivity contribution in [2.24, 2.45) is 41.3 Å². The van der Waals surface area contributed by atoms with E-state index < -0.39 is 307 Å². The average molecular weight is 1730 g/mol. The number of rotatable bonds is 42. The standard InChI is InChI=1S/C70H119N7O42/c71-99-22-8-1-15-92-57-43(85)50-36(29-78)106-64(57)113-51-37(30-79)107-66(58(44(51)86)93-16-2-9-23-100-72)115-53-39(32-81)109-68(60(46(53)88)95-18-4-11-25-102-74)117-55-41(34-83)111-70(62(48(55)90)97-20-6-13-27-104-76)119-56-42(35-84)112-69(63(49(56)91)98-21-7-14-28-105-77)118-54-40(33-82)110-67(61(47(54)89)96-19-5-12-26-103-75)116-52-38(31-80)108-65(114-50)59(45(52)87)94-17-3-10-24-101-73/h1-14,36-70,78-91H,15-35,71-77H2/b8-1+,9-2+,10-3+,11-4+,12-5+,13-6+,14-7+/t36-,37-,38-,39-,40-,41-,42-,43-,44-,45-,46+,47+,48+,49+,50-,51-,52-,53-,54-,55-,56-,57-,58-,59-,60-,61-,62-,63-,64-,65-,66-,67-,68-,69-,70-/m1/s1. The second-order valence-electron chi connectivity index (χ2n) is 27.4. The Balaban J connectivity index is 1.28. The van der Waals surface area contributed by atoms with Gasteiger partial charge in [0.05, 0.1) is 139 Å². The van der Waals surface area contributed by atoms with E-state index in [2.05, 4.69) is 33.9 Å². The van der Waals surface area contributed by atoms with Crippen LogP contribution in [0.3, 0.4) is 0 Å². The molecule has 0 saturated carbocycles. The number of aliphatic hydroxyl groups excluding tert-OH is 14. The molecular formula is C70H119N7O42. The Morgan fingerprint density at radius 3 is 0.387 bits per heavy atom. The summed E-state index contributed by atoms with van der Waals surface area (Å²) >= 11 is 0. The topological polar surface area (TPSA) is 724 Å². The van der Waals surface area contributed by atoms with E-state index in [4.69, 9.17) is 141 Å². The molecule has 14 bridgehead atoms. The van der Waals surface area contributed by atoms with Crippen molar-refractivity contribution in [3.8, 4) is 0 Å². The second kappa shape index (κ2) is 54.3. The van der Waals surface area contributed by atoms with Crippen molar-refractivity contribution >= 4 is 0 Å². The van der Waals surface area contributed by atoms with Crippen LogP contribution in [-0.2, 0) is 133 Å². The Labute approximate surface area is 682 Å². The summed E-state index contributed by atoms with van der Waals surface area (Å²) < 4.78 is 134. The number of fused-ring (bicyclic) bond motifs is 7. The van der Waals surface area contributed by atoms with Gasteiger partial charge in [0.1, 0.15) is 171 Å². The molecule has 0 aromatic rings. The number of hydrogen-bond donors (Lipinski definition) is 21. The highest BCUT2D eigenvalue weighted by Crippen LogP contribution is 2.42. The molecule has 686 valence electrons. The van der Waals surface area contributed by atoms with E-state index in [0.29, 0.717) is 0 Å². The molecule has 15 saturated heterocycles. The summed E-state index contributed by atoms with van der Waals surface area (Å²) in [6.45, 7) is -10.8. The molecule has 35 atom stereocenters. The summed E-state index contributed by atoms with van der Waals surface area (Å²) in [5.41, 5.74) is 0. The van der Waals surface area contributed by atoms with Gasteiger partial charge < -0.3 is 205 Å². The molecule has 0 amide bonds. The van der Waals surface area contributed by atoms with Gasteiger partial charge in [0.2, 0.25) is 0 Å². The van der Waals surface area contributed by atoms with Gasteiger partial charge in [-0.2, -0.15) is 0 Å². The van der Waals surface area contributed by atoms with Crippen molar-refractivity contribution in [3.05, 3.63) is 85.1 Å². The molecule has 0 unspecified atom stereocenters. The van der Waals surface area contributed by atoms with Gasteiger partial charge >= 0.3 is 0 Å². The van der Waals surface area contributed by atoms with Gasteiger partial charge in [0.15, 0.2) is 44.0 Å². The summed E-state index contributed by atoms with van der Waals surface area (Å²) in [7, 11) is 0. The van der Waals surface area contributed by atoms with E-state index in [9.17, 15) is 71.5 Å². The molecule has 49 heteroatoms. The molecule has 15 aliphatic heterocycles. The summed E-state index contributed by atoms with van der Waals surface area (Å²) in [5.74, 6) is 37.0. The third kappa shape index (κ3) is 27.9. The highest BCUT2D eigenvalue weighted by molar-refractivity contribution is 5.05. The first-order valence-corrected chi connectivity index (χ1v) is 38.2. The Bertz CT molecular complexity index is 2450. The van der Waals surface area contributed by atoms with Crippen LogP contribution in [0, 0.1) is 0 Å². The molecule has 0 aromatic carbocycles. The minimum absolute atomic E-state index is 0.128. The fourth-order valence-electron chi connectivity index (χ4n) is 14.1. The zero-order chi connectivity index (χ0) is 85.8. The summed E-state index contributed by atoms with van der Waals surface area (Å²) in [6, 6.07) is 0. The van der Waals surface area contributed by atoms with Gasteiger partial charge in [0.25, 0.3) is 0 Å². The van der Waals surface area contributed by atoms with Gasteiger partial charge in [-0.25, -0.2) is 41.3 Å². The normalized spacial score (nSPS) is 40.5. The van der Waals surface area contributed by atoms with Crippen molar-refractivity contribution in [3.63, 3.8) is 0 Å². The SMILES string of the molecule is NOC/C=C/CO[C@H]1[C@H]2O[C@H]3[C@H](O)[C@@H](OC/C=C/CON)[C@@H](O[C@H]4[C@@H](O)[C@@H](OC/C=C/CON)[C@@H](O[C@H]5[C@@H](O)[C@@H](OC/C=C/CON)[C@@H](O[C@H]6[C@@H](O)[C@@H](OC/C=C/CON)[C@@H](O[C@H]7[C@H](O)[C@@H](OC/C=C/CON)[C@@H](O[C@H]8[C@H](O)[C@@H](OC/C=C/CON)[C@@H](O[C@@H]([C@@H]1O)[C@@H](CO)O2)O[C@@H]8CO)O[C@@H]7CO)O[C@@H]6CO)O[C@@H]5CO)O[C@@H]4CO)O[C@@H]3CO. The highest BCUT2D eigenvalue weighted by atomic mass is 16.8. The van der Waals surface area contributed by atoms with Crippen molar-refractivity contribution in [1.82, 2.24) is 0 Å². The largest absolute Gasteiger partial charge is 0.394 e. The van der Waals surface area contributed by atoms with Crippen LogP contribution in [-0.4, -0.2) is 425 Å². The van der Waals surface area contributed by atoms with Crippen LogP contribution in [0.5, 0.6) is 0 Å². The van der Waals surface area contributed by atoms with E-state index in [1.165, 1.54) is 85.1 Å². The maximum absolute atomic E-state index is 12.7. The molecular weight excluding hydrogens is 1610 g/mol. The van der Waals surface area contributed by atoms with Gasteiger partial charge in [-0.05, 0) is 0 Å². The maximum Gasteiger partial charge on any atom is 0.187 e. The number of aliphatic hydroxyl groups is 14. The van der Waals surface area contributed by atoms with Crippen LogP contribution in [0.25, 0.3) is 0 Å². The molecule has 15 rings (SSSR count). The molecule has 15 fully saturated rings. The van der Waals surface area contributed by atoms with Crippen molar-refractivity contribution in [2.45, 2.75) is 215 Å². The Hall–Kier alpha value is -3.78. The first-order chi connectivity index (χ1) is 57.9. The second-order valence-corrected chi connectivity index (χ2v) is 27.4. The summed E-state index contributed by atoms with van der Waals surface area (Å²) in [6.07, 6.45) is -44.9. The molecule has 119 heavy (non-hydrogen) atoms. The fourth-order valence-corrected chi connectivity index (χ4v) is 14.1. The van der Waals surface area contributed by atoms with Crippen LogP contribution in [0.4, 0.5) is 0 Å². The van der Waals surface area contributed by atoms with Gasteiger partial charge in [-0.3, -0.25) is 0 Å². The van der Waals surface area contributed by atoms with Gasteiger partial charge in [-0.15, -0.1) is 0 Å². The minimum atomic E-state index is -2.03. The van der Waals surface area contributed by atoms with Crippen molar-refractivity contribution in [1.29, 1.82) is 0 Å². The van der Waals surface area contributed by atoms with Crippen LogP contribution in [0.1, 0.15) is 0 Å². The quantitative estimate of drug-likeness (QED) is 0.0199.